The molecule has 5 N–H and O–H groups in total. The third-order valence-electron chi connectivity index (χ3n) is 2.24. The van der Waals surface area contributed by atoms with E-state index in [0.717, 1.165) is 12.1 Å². The number of rotatable bonds is 4. The Kier molecular flexibility index (Phi) is 6.00. The molecule has 20 heavy (non-hydrogen) atoms. The Morgan fingerprint density at radius 1 is 1.30 bits per heavy atom. The fourth-order valence-corrected chi connectivity index (χ4v) is 1.41. The van der Waals surface area contributed by atoms with Gasteiger partial charge in [-0.2, -0.15) is 0 Å². The smallest absolute Gasteiger partial charge is 0.312 e. The van der Waals surface area contributed by atoms with E-state index in [-0.39, 0.29) is 30.8 Å². The van der Waals surface area contributed by atoms with Gasteiger partial charge in [-0.05, 0) is 18.2 Å². The molecule has 0 bridgehead atoms. The van der Waals surface area contributed by atoms with Gasteiger partial charge in [0.1, 0.15) is 12.4 Å². The third kappa shape index (κ3) is 4.96. The predicted octanol–water partition coefficient (Wildman–Crippen LogP) is -0.432. The summed E-state index contributed by atoms with van der Waals surface area (Å²) < 4.78 is 13.1. The van der Waals surface area contributed by atoms with E-state index in [4.69, 9.17) is 10.8 Å². The molecule has 0 fully saturated rings. The maximum absolute atomic E-state index is 13.1. The molecule has 0 aliphatic carbocycles. The summed E-state index contributed by atoms with van der Waals surface area (Å²) in [7, 11) is 0. The topological polar surface area (TPSA) is 104 Å². The van der Waals surface area contributed by atoms with Crippen LogP contribution in [0, 0.1) is 17.7 Å². The van der Waals surface area contributed by atoms with Crippen LogP contribution >= 0.6 is 0 Å². The van der Waals surface area contributed by atoms with Gasteiger partial charge in [-0.3, -0.25) is 4.79 Å². The highest BCUT2D eigenvalue weighted by Crippen LogP contribution is 2.10. The van der Waals surface area contributed by atoms with E-state index in [0.29, 0.717) is 0 Å². The van der Waals surface area contributed by atoms with Gasteiger partial charge >= 0.3 is 6.03 Å². The van der Waals surface area contributed by atoms with E-state index in [1.54, 1.807) is 0 Å². The number of halogens is 1. The number of primary amides is 1. The highest BCUT2D eigenvalue weighted by molar-refractivity contribution is 5.96. The lowest BCUT2D eigenvalue weighted by molar-refractivity contribution is 0.0953. The van der Waals surface area contributed by atoms with Crippen LogP contribution in [0.2, 0.25) is 0 Å². The highest BCUT2D eigenvalue weighted by Gasteiger charge is 2.10. The Morgan fingerprint density at radius 3 is 2.65 bits per heavy atom. The molecule has 1 aromatic carbocycles. The van der Waals surface area contributed by atoms with Crippen molar-refractivity contribution in [3.8, 4) is 11.8 Å². The van der Waals surface area contributed by atoms with Crippen molar-refractivity contribution in [3.63, 3.8) is 0 Å². The molecule has 0 heterocycles. The molecule has 0 aromatic heterocycles. The lowest BCUT2D eigenvalue weighted by atomic mass is 10.1. The number of benzene rings is 1. The minimum absolute atomic E-state index is 0.173. The Morgan fingerprint density at radius 2 is 2.00 bits per heavy atom. The highest BCUT2D eigenvalue weighted by atomic mass is 19.1. The number of hydrogen-bond acceptors (Lipinski definition) is 3. The van der Waals surface area contributed by atoms with Gasteiger partial charge in [-0.25, -0.2) is 9.18 Å². The van der Waals surface area contributed by atoms with Crippen LogP contribution < -0.4 is 16.4 Å². The fourth-order valence-electron chi connectivity index (χ4n) is 1.41. The van der Waals surface area contributed by atoms with Crippen LogP contribution in [0.4, 0.5) is 9.18 Å². The molecule has 0 radical (unpaired) electrons. The number of aliphatic hydroxyl groups excluding tert-OH is 1. The van der Waals surface area contributed by atoms with Gasteiger partial charge in [-0.1, -0.05) is 11.8 Å². The number of carbonyl (C=O) groups excluding carboxylic acids is 2. The second-order valence-electron chi connectivity index (χ2n) is 3.70. The fraction of sp³-hybridized carbons (Fsp3) is 0.231. The zero-order valence-electron chi connectivity index (χ0n) is 10.6. The molecule has 106 valence electrons. The van der Waals surface area contributed by atoms with Crippen molar-refractivity contribution >= 4 is 11.9 Å². The molecule has 0 atom stereocenters. The van der Waals surface area contributed by atoms with Gasteiger partial charge in [0.25, 0.3) is 5.91 Å². The van der Waals surface area contributed by atoms with Crippen LogP contribution in [0.15, 0.2) is 18.2 Å². The summed E-state index contributed by atoms with van der Waals surface area (Å²) in [4.78, 5) is 22.3. The molecule has 0 saturated carbocycles. The number of nitrogens with one attached hydrogen (secondary N) is 2. The molecule has 6 nitrogen and oxygen atoms in total. The molecule has 0 spiro atoms. The van der Waals surface area contributed by atoms with Crippen molar-refractivity contribution in [2.45, 2.75) is 0 Å². The first-order chi connectivity index (χ1) is 9.54. The van der Waals surface area contributed by atoms with E-state index in [9.17, 15) is 14.0 Å². The molecule has 3 amide bonds. The zero-order chi connectivity index (χ0) is 15.0. The van der Waals surface area contributed by atoms with Gasteiger partial charge < -0.3 is 21.5 Å². The second kappa shape index (κ2) is 7.76. The lowest BCUT2D eigenvalue weighted by Gasteiger charge is -2.07. The second-order valence-corrected chi connectivity index (χ2v) is 3.70. The van der Waals surface area contributed by atoms with E-state index in [1.807, 2.05) is 0 Å². The molecular formula is C13H14FN3O3. The minimum Gasteiger partial charge on any atom is -0.384 e. The standard InChI is InChI=1S/C13H14FN3O3/c14-10-3-4-11(9(8-10)2-1-7-18)12(19)16-5-6-17-13(15)20/h3-4,8,18H,5-7H2,(H,16,19)(H3,15,17,20). The molecule has 0 aliphatic heterocycles. The molecule has 7 heteroatoms. The van der Waals surface area contributed by atoms with E-state index in [1.165, 1.54) is 6.07 Å². The largest absolute Gasteiger partial charge is 0.384 e. The number of urea groups is 1. The molecule has 0 saturated heterocycles. The van der Waals surface area contributed by atoms with Crippen LogP contribution in [-0.4, -0.2) is 36.7 Å². The molecule has 1 aromatic rings. The first-order valence-corrected chi connectivity index (χ1v) is 5.75. The van der Waals surface area contributed by atoms with Crippen molar-refractivity contribution in [1.82, 2.24) is 10.6 Å². The summed E-state index contributed by atoms with van der Waals surface area (Å²) in [5, 5.41) is 13.5. The summed E-state index contributed by atoms with van der Waals surface area (Å²) in [6, 6.07) is 2.86. The van der Waals surface area contributed by atoms with Crippen LogP contribution in [0.1, 0.15) is 15.9 Å². The lowest BCUT2D eigenvalue weighted by Crippen LogP contribution is -2.37. The van der Waals surface area contributed by atoms with Crippen molar-refractivity contribution in [1.29, 1.82) is 0 Å². The Balaban J connectivity index is 2.74. The summed E-state index contributed by atoms with van der Waals surface area (Å²) in [5.74, 6) is 3.87. The number of aliphatic hydroxyl groups is 1. The first-order valence-electron chi connectivity index (χ1n) is 5.75. The minimum atomic E-state index is -0.685. The molecule has 0 unspecified atom stereocenters. The zero-order valence-corrected chi connectivity index (χ0v) is 10.6. The van der Waals surface area contributed by atoms with Crippen molar-refractivity contribution in [3.05, 3.63) is 35.1 Å². The van der Waals surface area contributed by atoms with E-state index in [2.05, 4.69) is 22.5 Å². The van der Waals surface area contributed by atoms with Crippen molar-refractivity contribution < 1.29 is 19.1 Å². The average molecular weight is 279 g/mol. The van der Waals surface area contributed by atoms with Gasteiger partial charge in [0, 0.05) is 18.7 Å². The van der Waals surface area contributed by atoms with Crippen molar-refractivity contribution in [2.75, 3.05) is 19.7 Å². The first kappa shape index (κ1) is 15.5. The van der Waals surface area contributed by atoms with Crippen LogP contribution in [0.3, 0.4) is 0 Å². The van der Waals surface area contributed by atoms with Crippen LogP contribution in [-0.2, 0) is 0 Å². The maximum atomic E-state index is 13.1. The Hall–Kier alpha value is -2.59. The summed E-state index contributed by atoms with van der Waals surface area (Å²) in [5.41, 5.74) is 5.24. The summed E-state index contributed by atoms with van der Waals surface area (Å²) in [6.45, 7) is -0.0357. The Labute approximate surface area is 115 Å². The third-order valence-corrected chi connectivity index (χ3v) is 2.24. The van der Waals surface area contributed by atoms with Crippen molar-refractivity contribution in [2.24, 2.45) is 5.73 Å². The van der Waals surface area contributed by atoms with Crippen LogP contribution in [0.5, 0.6) is 0 Å². The number of hydrogen-bond donors (Lipinski definition) is 4. The Bertz CT molecular complexity index is 564. The quantitative estimate of drug-likeness (QED) is 0.444. The number of nitrogens with two attached hydrogens (primary N) is 1. The SMILES string of the molecule is NC(=O)NCCNC(=O)c1ccc(F)cc1C#CCO. The van der Waals surface area contributed by atoms with Gasteiger partial charge in [0.2, 0.25) is 0 Å². The number of carbonyl (C=O) groups is 2. The number of amides is 3. The normalized spacial score (nSPS) is 9.30. The van der Waals surface area contributed by atoms with Crippen LogP contribution in [0.25, 0.3) is 0 Å². The molecule has 1 rings (SSSR count). The summed E-state index contributed by atoms with van der Waals surface area (Å²) >= 11 is 0. The van der Waals surface area contributed by atoms with Gasteiger partial charge in [0.05, 0.1) is 5.56 Å². The molecular weight excluding hydrogens is 265 g/mol. The van der Waals surface area contributed by atoms with E-state index >= 15 is 0 Å². The van der Waals surface area contributed by atoms with E-state index < -0.39 is 17.8 Å². The average Bonchev–Trinajstić information content (AvgIpc) is 2.41. The monoisotopic (exact) mass is 279 g/mol. The maximum Gasteiger partial charge on any atom is 0.312 e. The van der Waals surface area contributed by atoms with Gasteiger partial charge in [-0.15, -0.1) is 0 Å². The predicted molar refractivity (Wildman–Crippen MR) is 70.3 cm³/mol. The van der Waals surface area contributed by atoms with Gasteiger partial charge in [0.15, 0.2) is 0 Å². The summed E-state index contributed by atoms with van der Waals surface area (Å²) in [6.07, 6.45) is 0. The molecule has 0 aliphatic rings.